The number of piperazine rings is 1. The van der Waals surface area contributed by atoms with Gasteiger partial charge in [0.25, 0.3) is 11.8 Å². The summed E-state index contributed by atoms with van der Waals surface area (Å²) in [7, 11) is 4.47. The molecule has 53 heavy (non-hydrogen) atoms. The number of hydrogen-bond acceptors (Lipinski definition) is 11. The molecule has 1 atom stereocenters. The first-order chi connectivity index (χ1) is 25.8. The van der Waals surface area contributed by atoms with Crippen molar-refractivity contribution in [2.75, 3.05) is 67.3 Å². The van der Waals surface area contributed by atoms with Crippen molar-refractivity contribution in [3.63, 3.8) is 0 Å². The van der Waals surface area contributed by atoms with E-state index in [4.69, 9.17) is 23.7 Å². The predicted octanol–water partition coefficient (Wildman–Crippen LogP) is 3.47. The van der Waals surface area contributed by atoms with E-state index in [0.717, 1.165) is 18.4 Å². The average Bonchev–Trinajstić information content (AvgIpc) is 3.63. The van der Waals surface area contributed by atoms with Crippen molar-refractivity contribution in [1.82, 2.24) is 14.7 Å². The molecule has 280 valence electrons. The molecule has 3 aromatic rings. The van der Waals surface area contributed by atoms with Gasteiger partial charge < -0.3 is 48.6 Å². The van der Waals surface area contributed by atoms with Crippen molar-refractivity contribution in [2.45, 2.75) is 32.1 Å². The molecule has 2 fully saturated rings. The number of aliphatic hydroxyl groups is 2. The second kappa shape index (κ2) is 16.8. The number of carbonyl (C=O) groups is 3. The summed E-state index contributed by atoms with van der Waals surface area (Å²) in [6, 6.07) is 11.8. The van der Waals surface area contributed by atoms with Gasteiger partial charge in [-0.15, -0.1) is 0 Å². The number of methoxy groups -OCH3 is 3. The Hall–Kier alpha value is -5.60. The molecule has 3 aliphatic rings. The maximum atomic E-state index is 13.3. The first-order valence-corrected chi connectivity index (χ1v) is 17.5. The largest absolute Gasteiger partial charge is 0.493 e. The number of rotatable bonds is 13. The second-order valence-electron chi connectivity index (χ2n) is 12.7. The Morgan fingerprint density at radius 1 is 0.811 bits per heavy atom. The van der Waals surface area contributed by atoms with Gasteiger partial charge in [0.2, 0.25) is 5.91 Å². The summed E-state index contributed by atoms with van der Waals surface area (Å²) in [5.41, 5.74) is 3.02. The molecule has 3 heterocycles. The maximum absolute atomic E-state index is 13.3. The fraction of sp³-hybridized carbons (Fsp3) is 0.385. The minimum absolute atomic E-state index is 0.0110. The third-order valence-corrected chi connectivity index (χ3v) is 9.58. The Bertz CT molecular complexity index is 1880. The molecule has 0 bridgehead atoms. The summed E-state index contributed by atoms with van der Waals surface area (Å²) in [4.78, 5) is 49.1. The van der Waals surface area contributed by atoms with Crippen molar-refractivity contribution in [1.29, 1.82) is 0 Å². The number of aliphatic imine (C=N–C) groups is 1. The van der Waals surface area contributed by atoms with E-state index in [-0.39, 0.29) is 50.2 Å². The number of nitrogens with zero attached hydrogens (tertiary/aromatic N) is 4. The van der Waals surface area contributed by atoms with Crippen molar-refractivity contribution < 1.29 is 48.3 Å². The molecule has 0 unspecified atom stereocenters. The van der Waals surface area contributed by atoms with Crippen LogP contribution in [0.2, 0.25) is 0 Å². The van der Waals surface area contributed by atoms with Gasteiger partial charge in [-0.3, -0.25) is 19.4 Å². The van der Waals surface area contributed by atoms with Gasteiger partial charge in [0.15, 0.2) is 23.0 Å². The molecule has 3 aromatic carbocycles. The maximum Gasteiger partial charge on any atom is 0.256 e. The van der Waals surface area contributed by atoms with Gasteiger partial charge in [0.1, 0.15) is 19.0 Å². The van der Waals surface area contributed by atoms with Gasteiger partial charge in [0, 0.05) is 67.8 Å². The molecule has 14 nitrogen and oxygen atoms in total. The summed E-state index contributed by atoms with van der Waals surface area (Å²) in [5, 5.41) is 19.8. The Morgan fingerprint density at radius 3 is 2.23 bits per heavy atom. The molecule has 2 N–H and O–H groups in total. The van der Waals surface area contributed by atoms with Crippen LogP contribution in [0, 0.1) is 0 Å². The minimum Gasteiger partial charge on any atom is -0.493 e. The monoisotopic (exact) mass is 728 g/mol. The highest BCUT2D eigenvalue weighted by molar-refractivity contribution is 6.03. The Morgan fingerprint density at radius 2 is 1.53 bits per heavy atom. The Balaban J connectivity index is 1.01. The van der Waals surface area contributed by atoms with Crippen LogP contribution in [0.15, 0.2) is 53.5 Å². The lowest BCUT2D eigenvalue weighted by molar-refractivity contribution is -0.127. The number of aliphatic hydroxyl groups excluding tert-OH is 2. The van der Waals surface area contributed by atoms with Crippen molar-refractivity contribution >= 4 is 35.7 Å². The molecule has 6 rings (SSSR count). The van der Waals surface area contributed by atoms with E-state index < -0.39 is 0 Å². The van der Waals surface area contributed by atoms with Gasteiger partial charge >= 0.3 is 0 Å². The number of benzene rings is 3. The molecular weight excluding hydrogens is 684 g/mol. The number of ether oxygens (including phenoxy) is 5. The normalized spacial score (nSPS) is 16.7. The molecular formula is C39H44N4O10. The molecule has 0 aromatic heterocycles. The van der Waals surface area contributed by atoms with Crippen LogP contribution < -0.4 is 23.7 Å². The number of carbonyl (C=O) groups excluding carboxylic acids is 3. The zero-order valence-electron chi connectivity index (χ0n) is 30.1. The molecule has 0 saturated carbocycles. The second-order valence-corrected chi connectivity index (χ2v) is 12.7. The van der Waals surface area contributed by atoms with Gasteiger partial charge in [0.05, 0.1) is 51.8 Å². The van der Waals surface area contributed by atoms with Gasteiger partial charge in [-0.1, -0.05) is 6.07 Å². The van der Waals surface area contributed by atoms with E-state index in [1.165, 1.54) is 27.4 Å². The summed E-state index contributed by atoms with van der Waals surface area (Å²) in [6.45, 7) is 1.86. The summed E-state index contributed by atoms with van der Waals surface area (Å²) < 4.78 is 28.1. The molecule has 3 amide bonds. The zero-order valence-corrected chi connectivity index (χ0v) is 30.1. The topological polar surface area (TPSA) is 160 Å². The first-order valence-electron chi connectivity index (χ1n) is 17.5. The lowest BCUT2D eigenvalue weighted by Gasteiger charge is -2.34. The van der Waals surface area contributed by atoms with Gasteiger partial charge in [-0.05, 0) is 54.8 Å². The van der Waals surface area contributed by atoms with Crippen LogP contribution in [0.3, 0.4) is 0 Å². The lowest BCUT2D eigenvalue weighted by atomic mass is 10.1. The third kappa shape index (κ3) is 8.08. The Labute approximate surface area is 307 Å². The Kier molecular flexibility index (Phi) is 11.8. The van der Waals surface area contributed by atoms with Gasteiger partial charge in [-0.2, -0.15) is 0 Å². The van der Waals surface area contributed by atoms with E-state index in [1.807, 2.05) is 11.1 Å². The van der Waals surface area contributed by atoms with E-state index in [2.05, 4.69) is 4.99 Å². The van der Waals surface area contributed by atoms with Crippen molar-refractivity contribution in [3.05, 3.63) is 76.4 Å². The van der Waals surface area contributed by atoms with Crippen molar-refractivity contribution in [2.24, 2.45) is 4.99 Å². The van der Waals surface area contributed by atoms with Crippen LogP contribution >= 0.6 is 0 Å². The average molecular weight is 729 g/mol. The van der Waals surface area contributed by atoms with Crippen LogP contribution in [-0.4, -0.2) is 122 Å². The smallest absolute Gasteiger partial charge is 0.256 e. The number of amides is 3. The van der Waals surface area contributed by atoms with E-state index >= 15 is 0 Å². The number of hydrogen-bond donors (Lipinski definition) is 2. The van der Waals surface area contributed by atoms with Crippen LogP contribution in [0.1, 0.15) is 50.2 Å². The van der Waals surface area contributed by atoms with E-state index in [9.17, 15) is 24.6 Å². The van der Waals surface area contributed by atoms with Gasteiger partial charge in [-0.25, -0.2) is 0 Å². The first kappa shape index (κ1) is 37.2. The highest BCUT2D eigenvalue weighted by atomic mass is 16.5. The molecule has 3 aliphatic heterocycles. The quantitative estimate of drug-likeness (QED) is 0.197. The molecule has 0 spiro atoms. The third-order valence-electron chi connectivity index (χ3n) is 9.58. The lowest BCUT2D eigenvalue weighted by Crippen LogP contribution is -2.50. The standard InChI is InChI=1S/C39H44N4O10/c1-49-34-17-25(7-9-36(46)41-11-13-42(14-12-41)38(47)26-18-28(24-45)37(51-3)35(20-26)50-2)6-8-32(34)52-15-16-53-33-21-31-30(19-27(33)23-44)39(48)43-10-4-5-29(43)22-40-31/h6-9,17-22,29,44-45H,4-5,10-16,23-24H2,1-3H3/b9-7+/t29-/m0/s1. The fourth-order valence-corrected chi connectivity index (χ4v) is 6.75. The summed E-state index contributed by atoms with van der Waals surface area (Å²) in [5.74, 6) is 1.64. The van der Waals surface area contributed by atoms with Crippen LogP contribution in [0.5, 0.6) is 28.7 Å². The van der Waals surface area contributed by atoms with E-state index in [0.29, 0.717) is 89.4 Å². The molecule has 0 aliphatic carbocycles. The van der Waals surface area contributed by atoms with Crippen molar-refractivity contribution in [3.8, 4) is 28.7 Å². The zero-order chi connectivity index (χ0) is 37.5. The summed E-state index contributed by atoms with van der Waals surface area (Å²) in [6.07, 6.45) is 6.83. The van der Waals surface area contributed by atoms with Crippen LogP contribution in [0.4, 0.5) is 5.69 Å². The molecule has 2 saturated heterocycles. The van der Waals surface area contributed by atoms with Crippen LogP contribution in [-0.2, 0) is 18.0 Å². The van der Waals surface area contributed by atoms with Crippen LogP contribution in [0.25, 0.3) is 6.08 Å². The fourth-order valence-electron chi connectivity index (χ4n) is 6.75. The SMILES string of the molecule is COc1cc(/C=C/C(=O)N2CCN(C(=O)c3cc(CO)c(OC)c(OC)c3)CC2)ccc1OCCOc1cc2c(cc1CO)C(=O)N1CCC[C@H]1C=N2. The predicted molar refractivity (Wildman–Crippen MR) is 196 cm³/mol. The summed E-state index contributed by atoms with van der Waals surface area (Å²) >= 11 is 0. The minimum atomic E-state index is -0.309. The van der Waals surface area contributed by atoms with E-state index in [1.54, 1.807) is 58.3 Å². The number of fused-ring (bicyclic) bond motifs is 2. The highest BCUT2D eigenvalue weighted by Gasteiger charge is 2.32. The molecule has 0 radical (unpaired) electrons. The highest BCUT2D eigenvalue weighted by Crippen LogP contribution is 2.35. The molecule has 14 heteroatoms.